The first-order chi connectivity index (χ1) is 8.67. The summed E-state index contributed by atoms with van der Waals surface area (Å²) in [7, 11) is 1.75. The lowest BCUT2D eigenvalue weighted by atomic mass is 10.1. The average molecular weight is 284 g/mol. The highest BCUT2D eigenvalue weighted by Gasteiger charge is 2.27. The number of esters is 1. The van der Waals surface area contributed by atoms with Crippen LogP contribution in [0.2, 0.25) is 0 Å². The lowest BCUT2D eigenvalue weighted by Crippen LogP contribution is -2.24. The maximum Gasteiger partial charge on any atom is 0.341 e. The van der Waals surface area contributed by atoms with E-state index in [-0.39, 0.29) is 5.97 Å². The fourth-order valence-electron chi connectivity index (χ4n) is 2.08. The lowest BCUT2D eigenvalue weighted by Gasteiger charge is -2.08. The Morgan fingerprint density at radius 1 is 1.50 bits per heavy atom. The van der Waals surface area contributed by atoms with E-state index in [1.54, 1.807) is 18.4 Å². The van der Waals surface area contributed by atoms with Crippen molar-refractivity contribution in [3.05, 3.63) is 16.0 Å². The first-order valence-corrected chi connectivity index (χ1v) is 7.20. The summed E-state index contributed by atoms with van der Waals surface area (Å²) in [6.45, 7) is 2.20. The van der Waals surface area contributed by atoms with Crippen molar-refractivity contribution in [2.24, 2.45) is 0 Å². The molecule has 0 saturated heterocycles. The summed E-state index contributed by atoms with van der Waals surface area (Å²) >= 11 is 6.69. The van der Waals surface area contributed by atoms with Gasteiger partial charge in [0, 0.05) is 11.9 Å². The van der Waals surface area contributed by atoms with Gasteiger partial charge in [-0.3, -0.25) is 0 Å². The third kappa shape index (κ3) is 2.49. The summed E-state index contributed by atoms with van der Waals surface area (Å²) in [5, 5.41) is 7.24. The van der Waals surface area contributed by atoms with Gasteiger partial charge in [-0.15, -0.1) is 11.3 Å². The van der Waals surface area contributed by atoms with E-state index < -0.39 is 0 Å². The van der Waals surface area contributed by atoms with Gasteiger partial charge in [-0.25, -0.2) is 4.79 Å². The zero-order valence-corrected chi connectivity index (χ0v) is 12.1. The number of fused-ring (bicyclic) bond motifs is 1. The van der Waals surface area contributed by atoms with Gasteiger partial charge in [-0.2, -0.15) is 0 Å². The fourth-order valence-corrected chi connectivity index (χ4v) is 3.53. The van der Waals surface area contributed by atoms with Crippen molar-refractivity contribution < 1.29 is 9.53 Å². The summed E-state index contributed by atoms with van der Waals surface area (Å²) in [6, 6.07) is 0. The zero-order chi connectivity index (χ0) is 13.1. The van der Waals surface area contributed by atoms with E-state index in [2.05, 4.69) is 10.6 Å². The van der Waals surface area contributed by atoms with Crippen LogP contribution in [0, 0.1) is 0 Å². The molecule has 2 rings (SSSR count). The van der Waals surface area contributed by atoms with Crippen LogP contribution in [-0.4, -0.2) is 24.7 Å². The smallest absolute Gasteiger partial charge is 0.341 e. The Labute approximate surface area is 116 Å². The Bertz CT molecular complexity index is 483. The quantitative estimate of drug-likeness (QED) is 0.659. The molecule has 98 valence electrons. The monoisotopic (exact) mass is 284 g/mol. The summed E-state index contributed by atoms with van der Waals surface area (Å²) in [5.41, 5.74) is 1.81. The van der Waals surface area contributed by atoms with Crippen LogP contribution in [0.25, 0.3) is 0 Å². The molecule has 0 fully saturated rings. The molecule has 18 heavy (non-hydrogen) atoms. The van der Waals surface area contributed by atoms with Crippen molar-refractivity contribution in [3.63, 3.8) is 0 Å². The van der Waals surface area contributed by atoms with E-state index in [0.29, 0.717) is 17.3 Å². The fraction of sp³-hybridized carbons (Fsp3) is 0.500. The number of hydrogen-bond acceptors (Lipinski definition) is 4. The number of anilines is 1. The van der Waals surface area contributed by atoms with Crippen molar-refractivity contribution in [2.75, 3.05) is 19.0 Å². The number of rotatable bonds is 3. The number of carbonyl (C=O) groups excluding carboxylic acids is 1. The summed E-state index contributed by atoms with van der Waals surface area (Å²) in [5.74, 6) is -0.252. The standard InChI is InChI=1S/C12H16N2O2S2/c1-3-16-11(15)9-7-5-4-6-8(7)18-10(9)14-12(17)13-2/h3-6H2,1-2H3,(H2,13,14,17). The van der Waals surface area contributed by atoms with Crippen LogP contribution in [0.15, 0.2) is 0 Å². The third-order valence-electron chi connectivity index (χ3n) is 2.85. The van der Waals surface area contributed by atoms with Gasteiger partial charge in [0.25, 0.3) is 0 Å². The number of hydrogen-bond donors (Lipinski definition) is 2. The molecule has 2 N–H and O–H groups in total. The summed E-state index contributed by atoms with van der Waals surface area (Å²) in [4.78, 5) is 13.3. The number of thiophene rings is 1. The molecule has 0 amide bonds. The van der Waals surface area contributed by atoms with Crippen LogP contribution in [0.3, 0.4) is 0 Å². The van der Waals surface area contributed by atoms with Gasteiger partial charge in [-0.05, 0) is 44.0 Å². The second-order valence-corrected chi connectivity index (χ2v) is 5.50. The van der Waals surface area contributed by atoms with Crippen LogP contribution in [0.4, 0.5) is 5.00 Å². The van der Waals surface area contributed by atoms with E-state index >= 15 is 0 Å². The maximum atomic E-state index is 12.0. The van der Waals surface area contributed by atoms with Gasteiger partial charge in [0.05, 0.1) is 12.2 Å². The van der Waals surface area contributed by atoms with Gasteiger partial charge in [0.1, 0.15) is 5.00 Å². The minimum absolute atomic E-state index is 0.252. The zero-order valence-electron chi connectivity index (χ0n) is 10.5. The maximum absolute atomic E-state index is 12.0. The second kappa shape index (κ2) is 5.67. The predicted molar refractivity (Wildman–Crippen MR) is 77.6 cm³/mol. The first kappa shape index (κ1) is 13.3. The normalized spacial score (nSPS) is 13.0. The van der Waals surface area contributed by atoms with Crippen LogP contribution in [0.1, 0.15) is 34.1 Å². The SMILES string of the molecule is CCOC(=O)c1c(NC(=S)NC)sc2c1CCC2. The number of nitrogens with one attached hydrogen (secondary N) is 2. The molecule has 0 unspecified atom stereocenters. The number of ether oxygens (including phenoxy) is 1. The second-order valence-electron chi connectivity index (χ2n) is 3.99. The molecule has 0 saturated carbocycles. The molecule has 1 heterocycles. The third-order valence-corrected chi connectivity index (χ3v) is 4.37. The molecule has 1 aliphatic carbocycles. The molecule has 0 spiro atoms. The molecule has 0 aromatic carbocycles. The molecule has 1 aromatic heterocycles. The Balaban J connectivity index is 2.34. The molecule has 6 heteroatoms. The van der Waals surface area contributed by atoms with Crippen molar-refractivity contribution in [1.29, 1.82) is 0 Å². The number of carbonyl (C=O) groups is 1. The van der Waals surface area contributed by atoms with Crippen LogP contribution >= 0.6 is 23.6 Å². The van der Waals surface area contributed by atoms with Crippen molar-refractivity contribution in [1.82, 2.24) is 5.32 Å². The molecule has 0 bridgehead atoms. The molecule has 0 atom stereocenters. The minimum Gasteiger partial charge on any atom is -0.462 e. The molecular weight excluding hydrogens is 268 g/mol. The highest BCUT2D eigenvalue weighted by Crippen LogP contribution is 2.39. The Morgan fingerprint density at radius 3 is 2.94 bits per heavy atom. The van der Waals surface area contributed by atoms with Crippen LogP contribution in [0.5, 0.6) is 0 Å². The van der Waals surface area contributed by atoms with E-state index in [4.69, 9.17) is 17.0 Å². The van der Waals surface area contributed by atoms with E-state index in [1.165, 1.54) is 4.88 Å². The van der Waals surface area contributed by atoms with Crippen molar-refractivity contribution in [2.45, 2.75) is 26.2 Å². The highest BCUT2D eigenvalue weighted by molar-refractivity contribution is 7.80. The molecule has 1 aliphatic rings. The van der Waals surface area contributed by atoms with Crippen LogP contribution in [-0.2, 0) is 17.6 Å². The van der Waals surface area contributed by atoms with Gasteiger partial charge in [-0.1, -0.05) is 0 Å². The Kier molecular flexibility index (Phi) is 4.19. The predicted octanol–water partition coefficient (Wildman–Crippen LogP) is 2.33. The summed E-state index contributed by atoms with van der Waals surface area (Å²) in [6.07, 6.45) is 3.11. The van der Waals surface area contributed by atoms with E-state index in [0.717, 1.165) is 29.8 Å². The highest BCUT2D eigenvalue weighted by atomic mass is 32.1. The van der Waals surface area contributed by atoms with Gasteiger partial charge >= 0.3 is 5.97 Å². The molecule has 0 radical (unpaired) electrons. The van der Waals surface area contributed by atoms with Gasteiger partial charge < -0.3 is 15.4 Å². The van der Waals surface area contributed by atoms with Crippen molar-refractivity contribution >= 4 is 39.6 Å². The summed E-state index contributed by atoms with van der Waals surface area (Å²) < 4.78 is 5.13. The van der Waals surface area contributed by atoms with Crippen molar-refractivity contribution in [3.8, 4) is 0 Å². The largest absolute Gasteiger partial charge is 0.462 e. The lowest BCUT2D eigenvalue weighted by molar-refractivity contribution is 0.0527. The molecule has 4 nitrogen and oxygen atoms in total. The molecular formula is C12H16N2O2S2. The van der Waals surface area contributed by atoms with E-state index in [9.17, 15) is 4.79 Å². The topological polar surface area (TPSA) is 50.4 Å². The molecule has 1 aromatic rings. The number of thiocarbonyl (C=S) groups is 1. The minimum atomic E-state index is -0.252. The molecule has 0 aliphatic heterocycles. The van der Waals surface area contributed by atoms with E-state index in [1.807, 2.05) is 6.92 Å². The van der Waals surface area contributed by atoms with Crippen LogP contribution < -0.4 is 10.6 Å². The first-order valence-electron chi connectivity index (χ1n) is 5.97. The van der Waals surface area contributed by atoms with Gasteiger partial charge in [0.2, 0.25) is 0 Å². The average Bonchev–Trinajstić information content (AvgIpc) is 2.88. The Hall–Kier alpha value is -1.14. The van der Waals surface area contributed by atoms with Gasteiger partial charge in [0.15, 0.2) is 5.11 Å². The number of aryl methyl sites for hydroxylation is 1. The Morgan fingerprint density at radius 2 is 2.28 bits per heavy atom.